The van der Waals surface area contributed by atoms with Crippen LogP contribution in [0.5, 0.6) is 5.75 Å². The van der Waals surface area contributed by atoms with Crippen molar-refractivity contribution in [2.45, 2.75) is 13.0 Å². The number of halogens is 2. The quantitative estimate of drug-likeness (QED) is 0.842. The lowest BCUT2D eigenvalue weighted by Crippen LogP contribution is -2.26. The Kier molecular flexibility index (Phi) is 5.31. The minimum absolute atomic E-state index is 0.00468. The molecule has 1 aromatic carbocycles. The molecule has 0 aliphatic carbocycles. The molecule has 0 saturated carbocycles. The van der Waals surface area contributed by atoms with Crippen LogP contribution in [0.15, 0.2) is 45.5 Å². The van der Waals surface area contributed by atoms with Crippen LogP contribution in [-0.2, 0) is 0 Å². The number of hydrogen-bond acceptors (Lipinski definition) is 3. The van der Waals surface area contributed by atoms with Gasteiger partial charge in [-0.15, -0.1) is 0 Å². The second-order valence-corrected chi connectivity index (χ2v) is 5.30. The van der Waals surface area contributed by atoms with E-state index in [2.05, 4.69) is 21.2 Å². The molecule has 0 aliphatic heterocycles. The van der Waals surface area contributed by atoms with Crippen LogP contribution in [0, 0.1) is 0 Å². The SMILES string of the molecule is CCNC(COc1ccc(Cl)cc1)c1occc1Br. The van der Waals surface area contributed by atoms with Crippen LogP contribution in [-0.4, -0.2) is 13.2 Å². The summed E-state index contributed by atoms with van der Waals surface area (Å²) >= 11 is 9.30. The largest absolute Gasteiger partial charge is 0.491 e. The van der Waals surface area contributed by atoms with Gasteiger partial charge in [-0.05, 0) is 52.8 Å². The van der Waals surface area contributed by atoms with Gasteiger partial charge in [-0.1, -0.05) is 18.5 Å². The Bertz CT molecular complexity index is 512. The molecular weight excluding hydrogens is 330 g/mol. The molecular formula is C14H15BrClNO2. The Labute approximate surface area is 126 Å². The molecule has 0 amide bonds. The van der Waals surface area contributed by atoms with Crippen molar-refractivity contribution >= 4 is 27.5 Å². The third-order valence-electron chi connectivity index (χ3n) is 2.64. The van der Waals surface area contributed by atoms with E-state index in [9.17, 15) is 0 Å². The highest BCUT2D eigenvalue weighted by atomic mass is 79.9. The summed E-state index contributed by atoms with van der Waals surface area (Å²) in [6, 6.07) is 9.20. The monoisotopic (exact) mass is 343 g/mol. The molecule has 0 saturated heterocycles. The van der Waals surface area contributed by atoms with Gasteiger partial charge in [0.25, 0.3) is 0 Å². The lowest BCUT2D eigenvalue weighted by Gasteiger charge is -2.17. The van der Waals surface area contributed by atoms with Gasteiger partial charge in [-0.25, -0.2) is 0 Å². The summed E-state index contributed by atoms with van der Waals surface area (Å²) in [7, 11) is 0. The molecule has 0 radical (unpaired) electrons. The Morgan fingerprint density at radius 1 is 1.32 bits per heavy atom. The molecule has 0 fully saturated rings. The van der Waals surface area contributed by atoms with E-state index in [1.165, 1.54) is 0 Å². The molecule has 0 bridgehead atoms. The van der Waals surface area contributed by atoms with Crippen LogP contribution in [0.4, 0.5) is 0 Å². The molecule has 19 heavy (non-hydrogen) atoms. The highest BCUT2D eigenvalue weighted by molar-refractivity contribution is 9.10. The average molecular weight is 345 g/mol. The predicted octanol–water partition coefficient (Wildman–Crippen LogP) is 4.43. The van der Waals surface area contributed by atoms with Crippen LogP contribution >= 0.6 is 27.5 Å². The van der Waals surface area contributed by atoms with E-state index >= 15 is 0 Å². The Morgan fingerprint density at radius 3 is 2.63 bits per heavy atom. The maximum atomic E-state index is 5.84. The first-order valence-corrected chi connectivity index (χ1v) is 7.22. The minimum atomic E-state index is 0.00468. The molecule has 5 heteroatoms. The second kappa shape index (κ2) is 6.98. The summed E-state index contributed by atoms with van der Waals surface area (Å²) in [4.78, 5) is 0. The highest BCUT2D eigenvalue weighted by Gasteiger charge is 2.17. The summed E-state index contributed by atoms with van der Waals surface area (Å²) in [5, 5.41) is 4.03. The van der Waals surface area contributed by atoms with Crippen LogP contribution in [0.2, 0.25) is 5.02 Å². The van der Waals surface area contributed by atoms with Gasteiger partial charge in [0, 0.05) is 5.02 Å². The van der Waals surface area contributed by atoms with E-state index in [0.29, 0.717) is 11.6 Å². The van der Waals surface area contributed by atoms with Crippen LogP contribution in [0.1, 0.15) is 18.7 Å². The van der Waals surface area contributed by atoms with Gasteiger partial charge < -0.3 is 14.5 Å². The fraction of sp³-hybridized carbons (Fsp3) is 0.286. The van der Waals surface area contributed by atoms with Crippen molar-refractivity contribution in [1.29, 1.82) is 0 Å². The van der Waals surface area contributed by atoms with Crippen LogP contribution in [0.25, 0.3) is 0 Å². The number of benzene rings is 1. The number of likely N-dealkylation sites (N-methyl/N-ethyl adjacent to an activating group) is 1. The molecule has 102 valence electrons. The number of nitrogens with one attached hydrogen (secondary N) is 1. The van der Waals surface area contributed by atoms with Gasteiger partial charge in [-0.2, -0.15) is 0 Å². The Balaban J connectivity index is 2.01. The lowest BCUT2D eigenvalue weighted by atomic mass is 10.2. The zero-order chi connectivity index (χ0) is 13.7. The molecule has 2 rings (SSSR count). The molecule has 1 N–H and O–H groups in total. The summed E-state index contributed by atoms with van der Waals surface area (Å²) in [5.74, 6) is 1.63. The molecule has 1 atom stereocenters. The number of rotatable bonds is 6. The van der Waals surface area contributed by atoms with E-state index in [1.54, 1.807) is 6.26 Å². The van der Waals surface area contributed by atoms with Gasteiger partial charge in [-0.3, -0.25) is 0 Å². The number of furan rings is 1. The van der Waals surface area contributed by atoms with E-state index in [-0.39, 0.29) is 6.04 Å². The second-order valence-electron chi connectivity index (χ2n) is 4.01. The van der Waals surface area contributed by atoms with Gasteiger partial charge in [0.15, 0.2) is 0 Å². The third-order valence-corrected chi connectivity index (χ3v) is 3.55. The Morgan fingerprint density at radius 2 is 2.05 bits per heavy atom. The summed E-state index contributed by atoms with van der Waals surface area (Å²) in [6.45, 7) is 3.37. The molecule has 0 spiro atoms. The standard InChI is InChI=1S/C14H15BrClNO2/c1-2-17-13(14-12(15)7-8-18-14)9-19-11-5-3-10(16)4-6-11/h3-8,13,17H,2,9H2,1H3. The minimum Gasteiger partial charge on any atom is -0.491 e. The summed E-state index contributed by atoms with van der Waals surface area (Å²) in [6.07, 6.45) is 1.66. The summed E-state index contributed by atoms with van der Waals surface area (Å²) in [5.41, 5.74) is 0. The smallest absolute Gasteiger partial charge is 0.138 e. The van der Waals surface area contributed by atoms with Gasteiger partial charge in [0.1, 0.15) is 24.2 Å². The van der Waals surface area contributed by atoms with Crippen molar-refractivity contribution < 1.29 is 9.15 Å². The van der Waals surface area contributed by atoms with Crippen molar-refractivity contribution in [1.82, 2.24) is 5.32 Å². The van der Waals surface area contributed by atoms with Crippen LogP contribution in [0.3, 0.4) is 0 Å². The first-order chi connectivity index (χ1) is 9.20. The average Bonchev–Trinajstić information content (AvgIpc) is 2.83. The van der Waals surface area contributed by atoms with Crippen molar-refractivity contribution in [2.24, 2.45) is 0 Å². The van der Waals surface area contributed by atoms with Gasteiger partial charge >= 0.3 is 0 Å². The van der Waals surface area contributed by atoms with E-state index in [1.807, 2.05) is 37.3 Å². The molecule has 1 unspecified atom stereocenters. The van der Waals surface area contributed by atoms with E-state index < -0.39 is 0 Å². The van der Waals surface area contributed by atoms with Gasteiger partial charge in [0.05, 0.1) is 10.7 Å². The van der Waals surface area contributed by atoms with Crippen LogP contribution < -0.4 is 10.1 Å². The number of ether oxygens (including phenoxy) is 1. The Hall–Kier alpha value is -0.970. The predicted molar refractivity (Wildman–Crippen MR) is 79.8 cm³/mol. The van der Waals surface area contributed by atoms with Gasteiger partial charge in [0.2, 0.25) is 0 Å². The zero-order valence-electron chi connectivity index (χ0n) is 10.5. The topological polar surface area (TPSA) is 34.4 Å². The molecule has 1 heterocycles. The van der Waals surface area contributed by atoms with Crippen molar-refractivity contribution in [2.75, 3.05) is 13.2 Å². The first-order valence-electron chi connectivity index (χ1n) is 6.05. The summed E-state index contributed by atoms with van der Waals surface area (Å²) < 4.78 is 12.2. The van der Waals surface area contributed by atoms with Crippen molar-refractivity contribution in [3.63, 3.8) is 0 Å². The molecule has 3 nitrogen and oxygen atoms in total. The normalized spacial score (nSPS) is 12.4. The van der Waals surface area contributed by atoms with E-state index in [0.717, 1.165) is 22.5 Å². The third kappa shape index (κ3) is 4.00. The van der Waals surface area contributed by atoms with E-state index in [4.69, 9.17) is 20.8 Å². The maximum Gasteiger partial charge on any atom is 0.138 e. The first kappa shape index (κ1) is 14.4. The number of hydrogen-bond donors (Lipinski definition) is 1. The fourth-order valence-corrected chi connectivity index (χ4v) is 2.34. The fourth-order valence-electron chi connectivity index (χ4n) is 1.74. The van der Waals surface area contributed by atoms with Crippen molar-refractivity contribution in [3.05, 3.63) is 51.9 Å². The maximum absolute atomic E-state index is 5.84. The highest BCUT2D eigenvalue weighted by Crippen LogP contribution is 2.25. The molecule has 1 aromatic heterocycles. The lowest BCUT2D eigenvalue weighted by molar-refractivity contribution is 0.247. The van der Waals surface area contributed by atoms with Crippen molar-refractivity contribution in [3.8, 4) is 5.75 Å². The molecule has 2 aromatic rings. The molecule has 0 aliphatic rings. The zero-order valence-corrected chi connectivity index (χ0v) is 12.9.